The standard InChI is InChI=1S/C16H24N2O3/c1-20-13-8-5-9-14(10-13)21-11-16(18,15(17)19)12-6-3-2-4-7-12/h2-4,6-7,13-14H,5,8-11,18H2,1H3,(H2,17,19). The van der Waals surface area contributed by atoms with Crippen molar-refractivity contribution >= 4 is 5.91 Å². The van der Waals surface area contributed by atoms with Crippen LogP contribution in [-0.2, 0) is 19.8 Å². The van der Waals surface area contributed by atoms with Gasteiger partial charge in [-0.3, -0.25) is 4.79 Å². The molecule has 5 heteroatoms. The topological polar surface area (TPSA) is 87.6 Å². The number of benzene rings is 1. The van der Waals surface area contributed by atoms with Gasteiger partial charge in [0, 0.05) is 7.11 Å². The molecule has 3 atom stereocenters. The molecule has 0 aromatic heterocycles. The zero-order chi connectivity index (χ0) is 15.3. The summed E-state index contributed by atoms with van der Waals surface area (Å²) < 4.78 is 11.3. The predicted molar refractivity (Wildman–Crippen MR) is 80.5 cm³/mol. The zero-order valence-electron chi connectivity index (χ0n) is 12.5. The highest BCUT2D eigenvalue weighted by Crippen LogP contribution is 2.25. The summed E-state index contributed by atoms with van der Waals surface area (Å²) in [6.45, 7) is 0.0907. The molecule has 1 aromatic carbocycles. The largest absolute Gasteiger partial charge is 0.381 e. The highest BCUT2D eigenvalue weighted by atomic mass is 16.5. The quantitative estimate of drug-likeness (QED) is 0.827. The molecule has 0 radical (unpaired) electrons. The Hall–Kier alpha value is -1.43. The molecule has 0 saturated heterocycles. The third kappa shape index (κ3) is 3.81. The van der Waals surface area contributed by atoms with Crippen LogP contribution in [0.3, 0.4) is 0 Å². The normalized spacial score (nSPS) is 25.2. The van der Waals surface area contributed by atoms with Gasteiger partial charge >= 0.3 is 0 Å². The van der Waals surface area contributed by atoms with Crippen LogP contribution < -0.4 is 11.5 Å². The number of rotatable bonds is 6. The Kier molecular flexibility index (Phi) is 5.33. The molecule has 1 fully saturated rings. The second kappa shape index (κ2) is 7.02. The molecular formula is C16H24N2O3. The number of carbonyl (C=O) groups is 1. The smallest absolute Gasteiger partial charge is 0.244 e. The highest BCUT2D eigenvalue weighted by Gasteiger charge is 2.36. The molecule has 116 valence electrons. The predicted octanol–water partition coefficient (Wildman–Crippen LogP) is 1.30. The molecule has 1 aromatic rings. The molecule has 0 aliphatic heterocycles. The van der Waals surface area contributed by atoms with Crippen molar-refractivity contribution in [3.8, 4) is 0 Å². The van der Waals surface area contributed by atoms with Gasteiger partial charge in [-0.25, -0.2) is 0 Å². The number of hydrogen-bond donors (Lipinski definition) is 2. The fourth-order valence-corrected chi connectivity index (χ4v) is 2.75. The van der Waals surface area contributed by atoms with Crippen molar-refractivity contribution < 1.29 is 14.3 Å². The van der Waals surface area contributed by atoms with Crippen molar-refractivity contribution in [2.24, 2.45) is 11.5 Å². The van der Waals surface area contributed by atoms with E-state index in [4.69, 9.17) is 20.9 Å². The van der Waals surface area contributed by atoms with Crippen LogP contribution in [0.2, 0.25) is 0 Å². The van der Waals surface area contributed by atoms with Crippen molar-refractivity contribution in [1.29, 1.82) is 0 Å². The lowest BCUT2D eigenvalue weighted by Crippen LogP contribution is -2.53. The number of carbonyl (C=O) groups excluding carboxylic acids is 1. The third-order valence-corrected chi connectivity index (χ3v) is 4.19. The van der Waals surface area contributed by atoms with Gasteiger partial charge in [0.2, 0.25) is 5.91 Å². The van der Waals surface area contributed by atoms with Crippen LogP contribution in [-0.4, -0.2) is 31.8 Å². The first-order valence-electron chi connectivity index (χ1n) is 7.35. The summed E-state index contributed by atoms with van der Waals surface area (Å²) in [7, 11) is 1.72. The summed E-state index contributed by atoms with van der Waals surface area (Å²) in [6.07, 6.45) is 4.20. The average molecular weight is 292 g/mol. The molecule has 5 nitrogen and oxygen atoms in total. The van der Waals surface area contributed by atoms with E-state index >= 15 is 0 Å². The summed E-state index contributed by atoms with van der Waals surface area (Å²) in [5.41, 5.74) is 11.1. The summed E-state index contributed by atoms with van der Waals surface area (Å²) in [5.74, 6) is -0.576. The lowest BCUT2D eigenvalue weighted by Gasteiger charge is -2.32. The highest BCUT2D eigenvalue weighted by molar-refractivity contribution is 5.86. The molecule has 0 bridgehead atoms. The van der Waals surface area contributed by atoms with E-state index in [0.29, 0.717) is 5.56 Å². The van der Waals surface area contributed by atoms with E-state index in [0.717, 1.165) is 25.7 Å². The van der Waals surface area contributed by atoms with Crippen LogP contribution in [0.5, 0.6) is 0 Å². The van der Waals surface area contributed by atoms with Crippen LogP contribution in [0.15, 0.2) is 30.3 Å². The first kappa shape index (κ1) is 15.9. The minimum atomic E-state index is -1.29. The van der Waals surface area contributed by atoms with E-state index in [-0.39, 0.29) is 18.8 Å². The number of hydrogen-bond acceptors (Lipinski definition) is 4. The molecule has 21 heavy (non-hydrogen) atoms. The molecule has 3 unspecified atom stereocenters. The summed E-state index contributed by atoms with van der Waals surface area (Å²) >= 11 is 0. The van der Waals surface area contributed by atoms with E-state index in [9.17, 15) is 4.79 Å². The third-order valence-electron chi connectivity index (χ3n) is 4.19. The van der Waals surface area contributed by atoms with Crippen LogP contribution in [0.4, 0.5) is 0 Å². The van der Waals surface area contributed by atoms with Gasteiger partial charge in [-0.2, -0.15) is 0 Å². The van der Waals surface area contributed by atoms with E-state index in [1.165, 1.54) is 0 Å². The number of amides is 1. The van der Waals surface area contributed by atoms with Crippen LogP contribution >= 0.6 is 0 Å². The number of nitrogens with two attached hydrogens (primary N) is 2. The van der Waals surface area contributed by atoms with Crippen LogP contribution in [0, 0.1) is 0 Å². The van der Waals surface area contributed by atoms with Gasteiger partial charge in [-0.15, -0.1) is 0 Å². The Morgan fingerprint density at radius 2 is 1.95 bits per heavy atom. The maximum absolute atomic E-state index is 11.8. The van der Waals surface area contributed by atoms with Gasteiger partial charge < -0.3 is 20.9 Å². The fraction of sp³-hybridized carbons (Fsp3) is 0.562. The second-order valence-corrected chi connectivity index (χ2v) is 5.66. The zero-order valence-corrected chi connectivity index (χ0v) is 12.5. The molecule has 2 rings (SSSR count). The Morgan fingerprint density at radius 3 is 2.57 bits per heavy atom. The van der Waals surface area contributed by atoms with Crippen molar-refractivity contribution in [1.82, 2.24) is 0 Å². The van der Waals surface area contributed by atoms with Crippen molar-refractivity contribution in [2.45, 2.75) is 43.4 Å². The molecule has 4 N–H and O–H groups in total. The molecule has 1 amide bonds. The minimum Gasteiger partial charge on any atom is -0.381 e. The first-order chi connectivity index (χ1) is 10.1. The summed E-state index contributed by atoms with van der Waals surface area (Å²) in [4.78, 5) is 11.8. The summed E-state index contributed by atoms with van der Waals surface area (Å²) in [6, 6.07) is 9.14. The van der Waals surface area contributed by atoms with E-state index in [1.54, 1.807) is 19.2 Å². The molecule has 1 saturated carbocycles. The van der Waals surface area contributed by atoms with Crippen LogP contribution in [0.25, 0.3) is 0 Å². The number of methoxy groups -OCH3 is 1. The summed E-state index contributed by atoms with van der Waals surface area (Å²) in [5, 5.41) is 0. The molecule has 1 aliphatic rings. The minimum absolute atomic E-state index is 0.0645. The Morgan fingerprint density at radius 1 is 1.29 bits per heavy atom. The molecule has 1 aliphatic carbocycles. The lowest BCUT2D eigenvalue weighted by molar-refractivity contribution is -0.128. The van der Waals surface area contributed by atoms with E-state index < -0.39 is 11.4 Å². The van der Waals surface area contributed by atoms with Gasteiger partial charge in [-0.1, -0.05) is 30.3 Å². The second-order valence-electron chi connectivity index (χ2n) is 5.66. The van der Waals surface area contributed by atoms with Gasteiger partial charge in [0.25, 0.3) is 0 Å². The van der Waals surface area contributed by atoms with Gasteiger partial charge in [0.05, 0.1) is 18.8 Å². The van der Waals surface area contributed by atoms with Crippen molar-refractivity contribution in [3.63, 3.8) is 0 Å². The maximum atomic E-state index is 11.8. The lowest BCUT2D eigenvalue weighted by atomic mass is 9.90. The van der Waals surface area contributed by atoms with Gasteiger partial charge in [-0.05, 0) is 31.2 Å². The first-order valence-corrected chi connectivity index (χ1v) is 7.35. The van der Waals surface area contributed by atoms with Crippen molar-refractivity contribution in [3.05, 3.63) is 35.9 Å². The average Bonchev–Trinajstić information content (AvgIpc) is 2.53. The Bertz CT molecular complexity index is 466. The number of ether oxygens (including phenoxy) is 2. The molecule has 0 spiro atoms. The van der Waals surface area contributed by atoms with Gasteiger partial charge in [0.1, 0.15) is 5.54 Å². The van der Waals surface area contributed by atoms with E-state index in [2.05, 4.69) is 0 Å². The van der Waals surface area contributed by atoms with Crippen LogP contribution in [0.1, 0.15) is 31.2 Å². The molecule has 0 heterocycles. The molecular weight excluding hydrogens is 268 g/mol. The Labute approximate surface area is 125 Å². The van der Waals surface area contributed by atoms with Gasteiger partial charge in [0.15, 0.2) is 0 Å². The van der Waals surface area contributed by atoms with Crippen molar-refractivity contribution in [2.75, 3.05) is 13.7 Å². The SMILES string of the molecule is COC1CCCC(OCC(N)(C(N)=O)c2ccccc2)C1. The Balaban J connectivity index is 2.02. The number of primary amides is 1. The monoisotopic (exact) mass is 292 g/mol. The maximum Gasteiger partial charge on any atom is 0.244 e. The van der Waals surface area contributed by atoms with E-state index in [1.807, 2.05) is 18.2 Å². The fourth-order valence-electron chi connectivity index (χ4n) is 2.75.